The molecular formula is C63H110O6. The van der Waals surface area contributed by atoms with Gasteiger partial charge in [-0.15, -0.1) is 0 Å². The van der Waals surface area contributed by atoms with Crippen molar-refractivity contribution in [3.05, 3.63) is 72.9 Å². The number of carbonyl (C=O) groups is 3. The Labute approximate surface area is 427 Å². The highest BCUT2D eigenvalue weighted by Crippen LogP contribution is 2.17. The summed E-state index contributed by atoms with van der Waals surface area (Å²) in [7, 11) is 0. The SMILES string of the molecule is CC/C=C\C/C=C\C/C=C\C/C=C\C/C=C\C/C=C\CCC(=O)OCC(COC(=O)CCCCCCCCCCCCCCCCC)OC(=O)CCCCCCCCCCCCCCCCCCC. The lowest BCUT2D eigenvalue weighted by molar-refractivity contribution is -0.166. The Balaban J connectivity index is 4.46. The number of unbranched alkanes of at least 4 members (excludes halogenated alkanes) is 30. The number of rotatable bonds is 53. The van der Waals surface area contributed by atoms with E-state index >= 15 is 0 Å². The van der Waals surface area contributed by atoms with E-state index in [-0.39, 0.29) is 37.5 Å². The molecule has 1 atom stereocenters. The summed E-state index contributed by atoms with van der Waals surface area (Å²) in [5, 5.41) is 0. The van der Waals surface area contributed by atoms with Gasteiger partial charge >= 0.3 is 17.9 Å². The second kappa shape index (κ2) is 57.4. The third-order valence-corrected chi connectivity index (χ3v) is 12.7. The zero-order valence-corrected chi connectivity index (χ0v) is 45.6. The summed E-state index contributed by atoms with van der Waals surface area (Å²) in [6.45, 7) is 6.50. The summed E-state index contributed by atoms with van der Waals surface area (Å²) in [5.41, 5.74) is 0. The Hall–Kier alpha value is -3.15. The van der Waals surface area contributed by atoms with E-state index in [2.05, 4.69) is 87.6 Å². The molecule has 69 heavy (non-hydrogen) atoms. The molecule has 0 aliphatic carbocycles. The van der Waals surface area contributed by atoms with Gasteiger partial charge in [-0.05, 0) is 57.8 Å². The molecule has 0 saturated heterocycles. The lowest BCUT2D eigenvalue weighted by Gasteiger charge is -2.18. The van der Waals surface area contributed by atoms with Crippen molar-refractivity contribution in [1.82, 2.24) is 0 Å². The van der Waals surface area contributed by atoms with Crippen molar-refractivity contribution in [2.75, 3.05) is 13.2 Å². The van der Waals surface area contributed by atoms with Crippen molar-refractivity contribution in [3.63, 3.8) is 0 Å². The molecule has 0 aromatic heterocycles. The van der Waals surface area contributed by atoms with Crippen LogP contribution in [-0.4, -0.2) is 37.2 Å². The maximum absolute atomic E-state index is 12.9. The molecule has 398 valence electrons. The summed E-state index contributed by atoms with van der Waals surface area (Å²) in [6, 6.07) is 0. The minimum atomic E-state index is -0.803. The largest absolute Gasteiger partial charge is 0.462 e. The third-order valence-electron chi connectivity index (χ3n) is 12.7. The molecule has 0 N–H and O–H groups in total. The molecule has 0 aliphatic rings. The normalized spacial score (nSPS) is 12.6. The summed E-state index contributed by atoms with van der Waals surface area (Å²) in [6.07, 6.45) is 73.3. The predicted molar refractivity (Wildman–Crippen MR) is 298 cm³/mol. The highest BCUT2D eigenvalue weighted by molar-refractivity contribution is 5.71. The first-order valence-electron chi connectivity index (χ1n) is 29.4. The van der Waals surface area contributed by atoms with Gasteiger partial charge in [0.15, 0.2) is 6.10 Å². The minimum absolute atomic E-state index is 0.0945. The molecule has 6 nitrogen and oxygen atoms in total. The summed E-state index contributed by atoms with van der Waals surface area (Å²) in [5.74, 6) is -0.968. The predicted octanol–water partition coefficient (Wildman–Crippen LogP) is 19.8. The van der Waals surface area contributed by atoms with Gasteiger partial charge in [-0.3, -0.25) is 14.4 Å². The molecule has 0 amide bonds. The number of allylic oxidation sites excluding steroid dienone is 12. The molecule has 0 saturated carbocycles. The Morgan fingerprint density at radius 3 is 0.884 bits per heavy atom. The van der Waals surface area contributed by atoms with Gasteiger partial charge in [0.2, 0.25) is 0 Å². The zero-order chi connectivity index (χ0) is 50.0. The van der Waals surface area contributed by atoms with E-state index in [0.717, 1.165) is 77.0 Å². The summed E-state index contributed by atoms with van der Waals surface area (Å²) >= 11 is 0. The summed E-state index contributed by atoms with van der Waals surface area (Å²) < 4.78 is 16.8. The Morgan fingerprint density at radius 1 is 0.304 bits per heavy atom. The smallest absolute Gasteiger partial charge is 0.306 e. The number of hydrogen-bond donors (Lipinski definition) is 0. The van der Waals surface area contributed by atoms with Crippen LogP contribution in [0.25, 0.3) is 0 Å². The van der Waals surface area contributed by atoms with Gasteiger partial charge in [0.25, 0.3) is 0 Å². The number of hydrogen-bond acceptors (Lipinski definition) is 6. The second-order valence-electron chi connectivity index (χ2n) is 19.5. The molecular weight excluding hydrogens is 853 g/mol. The molecule has 6 heteroatoms. The van der Waals surface area contributed by atoms with Crippen LogP contribution in [0, 0.1) is 0 Å². The van der Waals surface area contributed by atoms with Crippen molar-refractivity contribution < 1.29 is 28.6 Å². The van der Waals surface area contributed by atoms with E-state index in [1.165, 1.54) is 167 Å². The van der Waals surface area contributed by atoms with Crippen molar-refractivity contribution in [2.24, 2.45) is 0 Å². The third kappa shape index (κ3) is 55.6. The van der Waals surface area contributed by atoms with E-state index in [0.29, 0.717) is 19.3 Å². The molecule has 0 spiro atoms. The molecule has 1 unspecified atom stereocenters. The molecule has 0 aromatic rings. The first-order chi connectivity index (χ1) is 34.0. The molecule has 0 bridgehead atoms. The minimum Gasteiger partial charge on any atom is -0.462 e. The molecule has 0 aromatic carbocycles. The highest BCUT2D eigenvalue weighted by atomic mass is 16.6. The molecule has 0 rings (SSSR count). The van der Waals surface area contributed by atoms with Gasteiger partial charge in [-0.2, -0.15) is 0 Å². The average molecular weight is 964 g/mol. The Kier molecular flexibility index (Phi) is 54.8. The van der Waals surface area contributed by atoms with Crippen LogP contribution in [0.1, 0.15) is 290 Å². The van der Waals surface area contributed by atoms with E-state index in [1.807, 2.05) is 6.08 Å². The highest BCUT2D eigenvalue weighted by Gasteiger charge is 2.19. The fourth-order valence-corrected chi connectivity index (χ4v) is 8.35. The fourth-order valence-electron chi connectivity index (χ4n) is 8.35. The van der Waals surface area contributed by atoms with Crippen LogP contribution in [0.2, 0.25) is 0 Å². The van der Waals surface area contributed by atoms with Gasteiger partial charge in [0, 0.05) is 19.3 Å². The first-order valence-corrected chi connectivity index (χ1v) is 29.4. The van der Waals surface area contributed by atoms with Gasteiger partial charge in [-0.25, -0.2) is 0 Å². The van der Waals surface area contributed by atoms with Gasteiger partial charge < -0.3 is 14.2 Å². The van der Waals surface area contributed by atoms with Crippen LogP contribution >= 0.6 is 0 Å². The fraction of sp³-hybridized carbons (Fsp3) is 0.762. The van der Waals surface area contributed by atoms with Crippen molar-refractivity contribution in [3.8, 4) is 0 Å². The molecule has 0 aliphatic heterocycles. The maximum Gasteiger partial charge on any atom is 0.306 e. The van der Waals surface area contributed by atoms with E-state index in [4.69, 9.17) is 14.2 Å². The van der Waals surface area contributed by atoms with Crippen molar-refractivity contribution >= 4 is 17.9 Å². The first kappa shape index (κ1) is 65.8. The van der Waals surface area contributed by atoms with Crippen LogP contribution in [0.15, 0.2) is 72.9 Å². The number of carbonyl (C=O) groups excluding carboxylic acids is 3. The van der Waals surface area contributed by atoms with Gasteiger partial charge in [0.1, 0.15) is 13.2 Å². The topological polar surface area (TPSA) is 78.9 Å². The van der Waals surface area contributed by atoms with Crippen molar-refractivity contribution in [1.29, 1.82) is 0 Å². The molecule has 0 radical (unpaired) electrons. The number of ether oxygens (including phenoxy) is 3. The monoisotopic (exact) mass is 963 g/mol. The summed E-state index contributed by atoms with van der Waals surface area (Å²) in [4.78, 5) is 38.2. The maximum atomic E-state index is 12.9. The van der Waals surface area contributed by atoms with Crippen LogP contribution < -0.4 is 0 Å². The zero-order valence-electron chi connectivity index (χ0n) is 45.6. The quantitative estimate of drug-likeness (QED) is 0.0262. The lowest BCUT2D eigenvalue weighted by atomic mass is 10.0. The van der Waals surface area contributed by atoms with Gasteiger partial charge in [-0.1, -0.05) is 286 Å². The van der Waals surface area contributed by atoms with Crippen LogP contribution in [0.5, 0.6) is 0 Å². The average Bonchev–Trinajstić information content (AvgIpc) is 3.35. The lowest BCUT2D eigenvalue weighted by Crippen LogP contribution is -2.30. The van der Waals surface area contributed by atoms with Crippen LogP contribution in [-0.2, 0) is 28.6 Å². The van der Waals surface area contributed by atoms with Crippen LogP contribution in [0.3, 0.4) is 0 Å². The van der Waals surface area contributed by atoms with Gasteiger partial charge in [0.05, 0.1) is 0 Å². The standard InChI is InChI=1S/C63H110O6/c1-4-7-10-13-16-19-22-25-28-30-31-33-35-38-41-44-47-50-53-56-62(65)68-59-60(58-67-61(64)55-52-49-46-43-40-37-34-27-24-21-18-15-12-9-6-3)69-63(66)57-54-51-48-45-42-39-36-32-29-26-23-20-17-14-11-8-5-2/h7,10,16,19,25,28,31,33,38,41,47,50,60H,4-6,8-9,11-15,17-18,20-24,26-27,29-30,32,34-37,39-40,42-46,48-49,51-59H2,1-3H3/b10-7-,19-16-,28-25-,33-31-,41-38-,50-47-. The van der Waals surface area contributed by atoms with Crippen molar-refractivity contribution in [2.45, 2.75) is 297 Å². The van der Waals surface area contributed by atoms with Crippen LogP contribution in [0.4, 0.5) is 0 Å². The van der Waals surface area contributed by atoms with E-state index in [1.54, 1.807) is 0 Å². The Morgan fingerprint density at radius 2 is 0.565 bits per heavy atom. The second-order valence-corrected chi connectivity index (χ2v) is 19.5. The molecule has 0 fully saturated rings. The van der Waals surface area contributed by atoms with E-state index in [9.17, 15) is 14.4 Å². The Bertz CT molecular complexity index is 1290. The molecule has 0 heterocycles. The number of esters is 3. The van der Waals surface area contributed by atoms with E-state index < -0.39 is 6.10 Å².